The highest BCUT2D eigenvalue weighted by atomic mass is 16.4. The van der Waals surface area contributed by atoms with E-state index in [1.54, 1.807) is 6.20 Å². The Morgan fingerprint density at radius 2 is 1.57 bits per heavy atom. The van der Waals surface area contributed by atoms with E-state index in [1.807, 2.05) is 86.6 Å². The summed E-state index contributed by atoms with van der Waals surface area (Å²) in [7, 11) is 0. The molecule has 4 rings (SSSR count). The fourth-order valence-corrected chi connectivity index (χ4v) is 2.36. The predicted molar refractivity (Wildman–Crippen MR) is 118 cm³/mol. The largest absolute Gasteiger partial charge is 0.423 e. The highest BCUT2D eigenvalue weighted by Crippen LogP contribution is 2.16. The molecule has 5 nitrogen and oxygen atoms in total. The van der Waals surface area contributed by atoms with Crippen LogP contribution in [0.25, 0.3) is 11.2 Å². The van der Waals surface area contributed by atoms with Gasteiger partial charge in [0.25, 0.3) is 5.91 Å². The van der Waals surface area contributed by atoms with Crippen molar-refractivity contribution in [3.63, 3.8) is 0 Å². The molecule has 0 unspecified atom stereocenters. The fourth-order valence-electron chi connectivity index (χ4n) is 2.36. The minimum atomic E-state index is 0.0590. The monoisotopic (exact) mass is 385 g/mol. The maximum atomic E-state index is 11.1. The predicted octanol–water partition coefficient (Wildman–Crippen LogP) is 6.16. The second-order valence-electron chi connectivity index (χ2n) is 5.41. The van der Waals surface area contributed by atoms with E-state index in [-0.39, 0.29) is 5.91 Å². The van der Waals surface area contributed by atoms with Crippen LogP contribution in [0.3, 0.4) is 0 Å². The summed E-state index contributed by atoms with van der Waals surface area (Å²) in [6.45, 7) is 18.5. The number of aryl methyl sites for hydroxylation is 3. The number of carbonyl (C=O) groups is 1. The number of hydrogen-bond acceptors (Lipinski definition) is 4. The lowest BCUT2D eigenvalue weighted by Gasteiger charge is -1.95. The molecule has 0 fully saturated rings. The molecule has 154 valence electrons. The van der Waals surface area contributed by atoms with E-state index in [2.05, 4.69) is 15.3 Å². The Kier molecular flexibility index (Phi) is 12.2. The van der Waals surface area contributed by atoms with Crippen LogP contribution in [-0.4, -0.2) is 15.9 Å². The van der Waals surface area contributed by atoms with Crippen LogP contribution in [0.1, 0.15) is 74.5 Å². The van der Waals surface area contributed by atoms with Gasteiger partial charge in [0.05, 0.1) is 0 Å². The van der Waals surface area contributed by atoms with Gasteiger partial charge < -0.3 is 9.73 Å². The van der Waals surface area contributed by atoms with Crippen LogP contribution in [0, 0.1) is 20.8 Å². The summed E-state index contributed by atoms with van der Waals surface area (Å²) in [5.41, 5.74) is 5.65. The highest BCUT2D eigenvalue weighted by molar-refractivity contribution is 5.98. The number of oxazole rings is 1. The van der Waals surface area contributed by atoms with Crippen LogP contribution in [0.15, 0.2) is 34.9 Å². The van der Waals surface area contributed by atoms with E-state index in [9.17, 15) is 4.79 Å². The minimum Gasteiger partial charge on any atom is -0.423 e. The number of nitrogens with one attached hydrogen (secondary N) is 1. The second kappa shape index (κ2) is 13.5. The molecular weight excluding hydrogens is 350 g/mol. The Morgan fingerprint density at radius 1 is 0.929 bits per heavy atom. The third-order valence-corrected chi connectivity index (χ3v) is 3.44. The Balaban J connectivity index is 0.000000412. The van der Waals surface area contributed by atoms with Crippen molar-refractivity contribution in [2.75, 3.05) is 0 Å². The Hall–Kier alpha value is -2.69. The van der Waals surface area contributed by atoms with Crippen molar-refractivity contribution in [3.8, 4) is 0 Å². The Bertz CT molecular complexity index is 854. The average Bonchev–Trinajstić information content (AvgIpc) is 3.28. The lowest BCUT2D eigenvalue weighted by Crippen LogP contribution is -2.12. The molecule has 0 aliphatic carbocycles. The van der Waals surface area contributed by atoms with Crippen molar-refractivity contribution in [2.45, 2.75) is 68.9 Å². The van der Waals surface area contributed by atoms with Crippen LogP contribution in [0.2, 0.25) is 0 Å². The first-order valence-corrected chi connectivity index (χ1v) is 10.1. The molecule has 1 aliphatic rings. The Morgan fingerprint density at radius 3 is 2.21 bits per heavy atom. The van der Waals surface area contributed by atoms with Gasteiger partial charge in [0.2, 0.25) is 5.71 Å². The van der Waals surface area contributed by atoms with Crippen LogP contribution in [0.5, 0.6) is 0 Å². The zero-order valence-electron chi connectivity index (χ0n) is 18.8. The normalized spacial score (nSPS) is 10.5. The first-order chi connectivity index (χ1) is 13.5. The van der Waals surface area contributed by atoms with Gasteiger partial charge in [0.1, 0.15) is 5.52 Å². The molecule has 3 heterocycles. The maximum absolute atomic E-state index is 11.1. The topological polar surface area (TPSA) is 68.0 Å². The number of fused-ring (bicyclic) bond motifs is 2. The quantitative estimate of drug-likeness (QED) is 0.503. The van der Waals surface area contributed by atoms with Crippen molar-refractivity contribution in [3.05, 3.63) is 58.6 Å². The molecule has 0 bridgehead atoms. The first kappa shape index (κ1) is 25.3. The SMILES string of the molecule is CC.CC.CC.Cc1ccc2c(c1)C(=O)NC2.Cc1cnc2oc(C)nc2c1. The second-order valence-corrected chi connectivity index (χ2v) is 5.41. The maximum Gasteiger partial charge on any atom is 0.251 e. The van der Waals surface area contributed by atoms with Gasteiger partial charge in [-0.1, -0.05) is 59.2 Å². The number of benzene rings is 1. The number of aromatic nitrogens is 2. The van der Waals surface area contributed by atoms with Crippen molar-refractivity contribution < 1.29 is 9.21 Å². The van der Waals surface area contributed by atoms with Crippen LogP contribution in [-0.2, 0) is 6.54 Å². The fraction of sp³-hybridized carbons (Fsp3) is 0.435. The molecule has 2 aromatic heterocycles. The Labute approximate surface area is 169 Å². The summed E-state index contributed by atoms with van der Waals surface area (Å²) in [6.07, 6.45) is 1.77. The molecule has 0 saturated heterocycles. The zero-order chi connectivity index (χ0) is 21.7. The summed E-state index contributed by atoms with van der Waals surface area (Å²) in [5, 5.41) is 2.77. The molecule has 1 amide bonds. The number of hydrogen-bond donors (Lipinski definition) is 1. The van der Waals surface area contributed by atoms with Crippen molar-refractivity contribution >= 4 is 17.1 Å². The molecule has 0 saturated carbocycles. The molecule has 1 aliphatic heterocycles. The molecule has 28 heavy (non-hydrogen) atoms. The van der Waals surface area contributed by atoms with E-state index >= 15 is 0 Å². The zero-order valence-corrected chi connectivity index (χ0v) is 18.8. The molecule has 0 atom stereocenters. The van der Waals surface area contributed by atoms with E-state index in [0.717, 1.165) is 27.8 Å². The molecule has 1 aromatic carbocycles. The van der Waals surface area contributed by atoms with Crippen molar-refractivity contribution in [1.82, 2.24) is 15.3 Å². The van der Waals surface area contributed by atoms with Gasteiger partial charge >= 0.3 is 0 Å². The van der Waals surface area contributed by atoms with Crippen LogP contribution >= 0.6 is 0 Å². The van der Waals surface area contributed by atoms with Gasteiger partial charge in [0.15, 0.2) is 5.89 Å². The van der Waals surface area contributed by atoms with Gasteiger partial charge in [-0.3, -0.25) is 4.79 Å². The van der Waals surface area contributed by atoms with Gasteiger partial charge in [-0.15, -0.1) is 0 Å². The summed E-state index contributed by atoms with van der Waals surface area (Å²) >= 11 is 0. The summed E-state index contributed by atoms with van der Waals surface area (Å²) in [5.74, 6) is 0.724. The van der Waals surface area contributed by atoms with Crippen LogP contribution < -0.4 is 5.32 Å². The van der Waals surface area contributed by atoms with E-state index in [0.29, 0.717) is 18.1 Å². The third kappa shape index (κ3) is 7.14. The lowest BCUT2D eigenvalue weighted by atomic mass is 10.1. The number of nitrogens with zero attached hydrogens (tertiary/aromatic N) is 2. The summed E-state index contributed by atoms with van der Waals surface area (Å²) in [4.78, 5) is 19.3. The number of amides is 1. The van der Waals surface area contributed by atoms with Crippen molar-refractivity contribution in [1.29, 1.82) is 0 Å². The molecule has 0 radical (unpaired) electrons. The lowest BCUT2D eigenvalue weighted by molar-refractivity contribution is 0.0965. The molecule has 0 spiro atoms. The third-order valence-electron chi connectivity index (χ3n) is 3.44. The number of carbonyl (C=O) groups excluding carboxylic acids is 1. The number of pyridine rings is 1. The first-order valence-electron chi connectivity index (χ1n) is 10.1. The van der Waals surface area contributed by atoms with Gasteiger partial charge in [-0.05, 0) is 37.1 Å². The average molecular weight is 386 g/mol. The smallest absolute Gasteiger partial charge is 0.251 e. The van der Waals surface area contributed by atoms with Crippen molar-refractivity contribution in [2.24, 2.45) is 0 Å². The molecule has 1 N–H and O–H groups in total. The highest BCUT2D eigenvalue weighted by Gasteiger charge is 2.17. The summed E-state index contributed by atoms with van der Waals surface area (Å²) < 4.78 is 5.20. The standard InChI is InChI=1S/C9H9NO.C8H8N2O.3C2H6/c1-6-2-3-7-5-10-9(11)8(7)4-6;1-5-3-7-8(9-4-5)11-6(2)10-7;3*1-2/h2-4H,5H2,1H3,(H,10,11);3-4H,1-2H3;3*1-2H3. The number of rotatable bonds is 0. The van der Waals surface area contributed by atoms with Crippen LogP contribution in [0.4, 0.5) is 0 Å². The van der Waals surface area contributed by atoms with E-state index < -0.39 is 0 Å². The van der Waals surface area contributed by atoms with Gasteiger partial charge in [-0.25, -0.2) is 9.97 Å². The van der Waals surface area contributed by atoms with E-state index in [1.165, 1.54) is 0 Å². The molecule has 5 heteroatoms. The van der Waals surface area contributed by atoms with Gasteiger partial charge in [0, 0.05) is 25.2 Å². The molecule has 3 aromatic rings. The van der Waals surface area contributed by atoms with E-state index in [4.69, 9.17) is 4.42 Å². The van der Waals surface area contributed by atoms with Gasteiger partial charge in [-0.2, -0.15) is 0 Å². The summed E-state index contributed by atoms with van der Waals surface area (Å²) in [6, 6.07) is 7.91. The molecular formula is C23H35N3O2. The minimum absolute atomic E-state index is 0.0590.